The number of benzene rings is 1. The van der Waals surface area contributed by atoms with Gasteiger partial charge in [-0.2, -0.15) is 14.9 Å². The number of thiophene rings is 1. The maximum atomic E-state index is 13.3. The van der Waals surface area contributed by atoms with E-state index in [0.29, 0.717) is 17.0 Å². The molecule has 10 nitrogen and oxygen atoms in total. The van der Waals surface area contributed by atoms with Crippen molar-refractivity contribution < 1.29 is 14.3 Å². The zero-order valence-electron chi connectivity index (χ0n) is 18.1. The number of fused-ring (bicyclic) bond motifs is 4. The highest BCUT2D eigenvalue weighted by atomic mass is 32.1. The van der Waals surface area contributed by atoms with Gasteiger partial charge in [0.2, 0.25) is 0 Å². The van der Waals surface area contributed by atoms with E-state index in [4.69, 9.17) is 4.74 Å². The van der Waals surface area contributed by atoms with E-state index in [-0.39, 0.29) is 12.4 Å². The summed E-state index contributed by atoms with van der Waals surface area (Å²) in [6.07, 6.45) is 0.140. The van der Waals surface area contributed by atoms with Crippen molar-refractivity contribution in [3.8, 4) is 0 Å². The summed E-state index contributed by atoms with van der Waals surface area (Å²) < 4.78 is 9.47. The Morgan fingerprint density at radius 1 is 1.18 bits per heavy atom. The molecule has 1 amide bonds. The first-order valence-electron chi connectivity index (χ1n) is 10.2. The molecule has 1 aromatic carbocycles. The summed E-state index contributed by atoms with van der Waals surface area (Å²) in [5.41, 5.74) is 1.11. The molecule has 4 heterocycles. The smallest absolute Gasteiger partial charge is 0.295 e. The molecule has 33 heavy (non-hydrogen) atoms. The molecule has 5 rings (SSSR count). The van der Waals surface area contributed by atoms with Crippen LogP contribution in [0.15, 0.2) is 46.7 Å². The Labute approximate surface area is 191 Å². The van der Waals surface area contributed by atoms with Gasteiger partial charge in [0.1, 0.15) is 16.2 Å². The lowest BCUT2D eigenvalue weighted by Crippen LogP contribution is -2.38. The topological polar surface area (TPSA) is 113 Å². The predicted octanol–water partition coefficient (Wildman–Crippen LogP) is 3.03. The molecule has 0 aliphatic rings. The molecule has 0 aliphatic heterocycles. The van der Waals surface area contributed by atoms with Gasteiger partial charge >= 0.3 is 0 Å². The second-order valence-electron chi connectivity index (χ2n) is 7.92. The largest absolute Gasteiger partial charge is 0.432 e. The predicted molar refractivity (Wildman–Crippen MR) is 124 cm³/mol. The summed E-state index contributed by atoms with van der Waals surface area (Å²) in [7, 11) is 1.79. The highest BCUT2D eigenvalue weighted by Crippen LogP contribution is 2.27. The standard InChI is InChI=1S/C22H20N6O4S/c1-12(2)18-25-28(20(31)17-8-13-6-7-33-22(13)27(17)18)21(32-11-29)19(30)24-15-5-4-14-10-23-26(3)16(14)9-15/h4-12,21H,1-3H3,(H,24,30). The van der Waals surface area contributed by atoms with E-state index in [1.54, 1.807) is 40.5 Å². The summed E-state index contributed by atoms with van der Waals surface area (Å²) in [6, 6.07) is 8.94. The van der Waals surface area contributed by atoms with Crippen LogP contribution in [0.1, 0.15) is 31.8 Å². The normalized spacial score (nSPS) is 12.6. The lowest BCUT2D eigenvalue weighted by molar-refractivity contribution is -0.149. The minimum atomic E-state index is -1.58. The fraction of sp³-hybridized carbons (Fsp3) is 0.227. The third kappa shape index (κ3) is 3.37. The average molecular weight is 465 g/mol. The van der Waals surface area contributed by atoms with Crippen LogP contribution in [0.25, 0.3) is 26.6 Å². The number of rotatable bonds is 6. The van der Waals surface area contributed by atoms with Crippen molar-refractivity contribution in [3.63, 3.8) is 0 Å². The summed E-state index contributed by atoms with van der Waals surface area (Å²) in [6.45, 7) is 4.02. The number of anilines is 1. The first kappa shape index (κ1) is 20.9. The summed E-state index contributed by atoms with van der Waals surface area (Å²) in [5, 5.41) is 15.1. The zero-order valence-corrected chi connectivity index (χ0v) is 18.9. The second-order valence-corrected chi connectivity index (χ2v) is 8.82. The van der Waals surface area contributed by atoms with Crippen LogP contribution in [0, 0.1) is 0 Å². The SMILES string of the molecule is CC(C)c1nn(C(OC=O)C(=O)Nc2ccc3cnn(C)c3c2)c(=O)c2cc3ccsc3n12. The minimum absolute atomic E-state index is 0.0655. The van der Waals surface area contributed by atoms with Crippen molar-refractivity contribution in [3.05, 3.63) is 58.1 Å². The maximum Gasteiger partial charge on any atom is 0.295 e. The molecule has 11 heteroatoms. The van der Waals surface area contributed by atoms with E-state index in [9.17, 15) is 14.4 Å². The molecular formula is C22H20N6O4S. The lowest BCUT2D eigenvalue weighted by atomic mass is 10.2. The molecule has 4 aromatic heterocycles. The molecule has 168 valence electrons. The van der Waals surface area contributed by atoms with Gasteiger partial charge in [-0.3, -0.25) is 23.5 Å². The molecule has 0 fully saturated rings. The number of hydrogen-bond donors (Lipinski definition) is 1. The molecule has 1 N–H and O–H groups in total. The molecule has 1 atom stereocenters. The quantitative estimate of drug-likeness (QED) is 0.387. The Hall–Kier alpha value is -3.99. The van der Waals surface area contributed by atoms with E-state index in [2.05, 4.69) is 15.5 Å². The summed E-state index contributed by atoms with van der Waals surface area (Å²) >= 11 is 1.50. The average Bonchev–Trinajstić information content (AvgIpc) is 3.48. The number of hydrogen-bond acceptors (Lipinski definition) is 7. The molecular weight excluding hydrogens is 444 g/mol. The van der Waals surface area contributed by atoms with Crippen LogP contribution < -0.4 is 10.9 Å². The molecule has 0 bridgehead atoms. The number of ether oxygens (including phenoxy) is 1. The summed E-state index contributed by atoms with van der Waals surface area (Å²) in [4.78, 5) is 38.6. The van der Waals surface area contributed by atoms with Crippen molar-refractivity contribution in [2.45, 2.75) is 26.0 Å². The van der Waals surface area contributed by atoms with E-state index in [1.807, 2.05) is 31.4 Å². The number of nitrogens with zero attached hydrogens (tertiary/aromatic N) is 5. The molecule has 0 spiro atoms. The van der Waals surface area contributed by atoms with Crippen LogP contribution in [0.4, 0.5) is 5.69 Å². The van der Waals surface area contributed by atoms with Crippen molar-refractivity contribution in [2.75, 3.05) is 5.32 Å². The van der Waals surface area contributed by atoms with E-state index in [0.717, 1.165) is 25.8 Å². The number of aryl methyl sites for hydroxylation is 1. The van der Waals surface area contributed by atoms with Gasteiger partial charge in [0.05, 0.1) is 11.7 Å². The van der Waals surface area contributed by atoms with Gasteiger partial charge in [0.15, 0.2) is 0 Å². The fourth-order valence-corrected chi connectivity index (χ4v) is 4.77. The molecule has 5 aromatic rings. The van der Waals surface area contributed by atoms with Crippen LogP contribution in [0.5, 0.6) is 0 Å². The first-order valence-corrected chi connectivity index (χ1v) is 11.1. The molecule has 0 radical (unpaired) electrons. The number of amides is 1. The van der Waals surface area contributed by atoms with Crippen LogP contribution in [-0.2, 0) is 21.4 Å². The molecule has 0 saturated carbocycles. The third-order valence-corrected chi connectivity index (χ3v) is 6.35. The van der Waals surface area contributed by atoms with Crippen molar-refractivity contribution in [1.29, 1.82) is 0 Å². The second kappa shape index (κ2) is 7.85. The Bertz CT molecular complexity index is 1590. The third-order valence-electron chi connectivity index (χ3n) is 5.44. The zero-order chi connectivity index (χ0) is 23.3. The monoisotopic (exact) mass is 464 g/mol. The van der Waals surface area contributed by atoms with E-state index >= 15 is 0 Å². The molecule has 1 unspecified atom stereocenters. The number of carbonyl (C=O) groups is 2. The highest BCUT2D eigenvalue weighted by Gasteiger charge is 2.28. The molecule has 0 saturated heterocycles. The van der Waals surface area contributed by atoms with Crippen LogP contribution in [0.2, 0.25) is 0 Å². The van der Waals surface area contributed by atoms with Gasteiger partial charge < -0.3 is 10.1 Å². The Kier molecular flexibility index (Phi) is 4.97. The van der Waals surface area contributed by atoms with Crippen LogP contribution in [-0.4, -0.2) is 36.3 Å². The van der Waals surface area contributed by atoms with Crippen molar-refractivity contribution in [2.24, 2.45) is 7.05 Å². The van der Waals surface area contributed by atoms with Crippen LogP contribution >= 0.6 is 11.3 Å². The van der Waals surface area contributed by atoms with Gasteiger partial charge in [0.25, 0.3) is 24.2 Å². The minimum Gasteiger partial charge on any atom is -0.432 e. The number of nitrogens with one attached hydrogen (secondary N) is 1. The van der Waals surface area contributed by atoms with E-state index < -0.39 is 17.7 Å². The Morgan fingerprint density at radius 2 is 2.00 bits per heavy atom. The van der Waals surface area contributed by atoms with Crippen LogP contribution in [0.3, 0.4) is 0 Å². The van der Waals surface area contributed by atoms with Crippen molar-refractivity contribution in [1.82, 2.24) is 24.0 Å². The summed E-state index contributed by atoms with van der Waals surface area (Å²) in [5.74, 6) is -0.194. The van der Waals surface area contributed by atoms with Crippen molar-refractivity contribution >= 4 is 56.0 Å². The lowest BCUT2D eigenvalue weighted by Gasteiger charge is -2.19. The van der Waals surface area contributed by atoms with Gasteiger partial charge in [0, 0.05) is 29.4 Å². The number of carbonyl (C=O) groups excluding carboxylic acids is 2. The van der Waals surface area contributed by atoms with Gasteiger partial charge in [-0.25, -0.2) is 0 Å². The Morgan fingerprint density at radius 3 is 2.76 bits per heavy atom. The maximum absolute atomic E-state index is 13.3. The molecule has 0 aliphatic carbocycles. The fourth-order valence-electron chi connectivity index (χ4n) is 3.87. The van der Waals surface area contributed by atoms with Gasteiger partial charge in [-0.15, -0.1) is 11.3 Å². The van der Waals surface area contributed by atoms with Gasteiger partial charge in [-0.05, 0) is 35.7 Å². The highest BCUT2D eigenvalue weighted by molar-refractivity contribution is 7.16. The first-order chi connectivity index (χ1) is 15.9. The Balaban J connectivity index is 1.60. The van der Waals surface area contributed by atoms with Gasteiger partial charge in [-0.1, -0.05) is 13.8 Å². The number of aromatic nitrogens is 5. The van der Waals surface area contributed by atoms with E-state index in [1.165, 1.54) is 11.3 Å².